The third-order valence-electron chi connectivity index (χ3n) is 3.43. The first-order valence-corrected chi connectivity index (χ1v) is 5.89. The molecule has 0 saturated carbocycles. The standard InChI is InChI=1S/C12H11ClN2O2/c13-9-3-1-2-4-10(9)15-5-7-8(6-15)12(17)14-11(7)16/h1-4,7-8H,5-6H2,(H,14,16,17)/t7-,8+. The summed E-state index contributed by atoms with van der Waals surface area (Å²) in [5.41, 5.74) is 0.893. The second kappa shape index (κ2) is 3.74. The van der Waals surface area contributed by atoms with Crippen molar-refractivity contribution < 1.29 is 9.59 Å². The van der Waals surface area contributed by atoms with Crippen molar-refractivity contribution in [3.63, 3.8) is 0 Å². The van der Waals surface area contributed by atoms with E-state index in [0.717, 1.165) is 5.69 Å². The van der Waals surface area contributed by atoms with E-state index in [9.17, 15) is 9.59 Å². The summed E-state index contributed by atoms with van der Waals surface area (Å²) in [5, 5.41) is 3.02. The third-order valence-corrected chi connectivity index (χ3v) is 3.75. The first-order valence-electron chi connectivity index (χ1n) is 5.51. The second-order valence-corrected chi connectivity index (χ2v) is 4.83. The molecule has 2 amide bonds. The average Bonchev–Trinajstić information content (AvgIpc) is 2.83. The number of carbonyl (C=O) groups excluding carboxylic acids is 2. The lowest BCUT2D eigenvalue weighted by Gasteiger charge is -2.20. The number of imide groups is 1. The molecule has 2 fully saturated rings. The molecule has 0 bridgehead atoms. The van der Waals surface area contributed by atoms with Crippen molar-refractivity contribution in [2.45, 2.75) is 0 Å². The van der Waals surface area contributed by atoms with E-state index in [1.807, 2.05) is 29.2 Å². The van der Waals surface area contributed by atoms with Crippen molar-refractivity contribution in [1.29, 1.82) is 0 Å². The van der Waals surface area contributed by atoms with Crippen LogP contribution in [0.2, 0.25) is 5.02 Å². The lowest BCUT2D eigenvalue weighted by molar-refractivity contribution is -0.126. The lowest BCUT2D eigenvalue weighted by Crippen LogP contribution is -2.31. The Morgan fingerprint density at radius 2 is 1.71 bits per heavy atom. The molecule has 5 heteroatoms. The quantitative estimate of drug-likeness (QED) is 0.758. The molecule has 0 unspecified atom stereocenters. The lowest BCUT2D eigenvalue weighted by atomic mass is 10.00. The number of anilines is 1. The van der Waals surface area contributed by atoms with Crippen molar-refractivity contribution in [1.82, 2.24) is 5.32 Å². The van der Waals surface area contributed by atoms with E-state index in [0.29, 0.717) is 18.1 Å². The number of nitrogens with one attached hydrogen (secondary N) is 1. The summed E-state index contributed by atoms with van der Waals surface area (Å²) in [6.07, 6.45) is 0. The Morgan fingerprint density at radius 1 is 1.12 bits per heavy atom. The minimum absolute atomic E-state index is 0.158. The van der Waals surface area contributed by atoms with Crippen molar-refractivity contribution in [2.24, 2.45) is 11.8 Å². The topological polar surface area (TPSA) is 49.4 Å². The monoisotopic (exact) mass is 250 g/mol. The highest BCUT2D eigenvalue weighted by atomic mass is 35.5. The molecule has 0 spiro atoms. The molecule has 2 aliphatic rings. The van der Waals surface area contributed by atoms with Crippen LogP contribution in [0.4, 0.5) is 5.69 Å². The Balaban J connectivity index is 1.88. The summed E-state index contributed by atoms with van der Waals surface area (Å²) in [6.45, 7) is 1.12. The van der Waals surface area contributed by atoms with Gasteiger partial charge in [0.1, 0.15) is 0 Å². The highest BCUT2D eigenvalue weighted by molar-refractivity contribution is 6.33. The molecule has 1 aromatic rings. The molecule has 88 valence electrons. The fraction of sp³-hybridized carbons (Fsp3) is 0.333. The minimum atomic E-state index is -0.223. The molecule has 4 nitrogen and oxygen atoms in total. The van der Waals surface area contributed by atoms with E-state index in [4.69, 9.17) is 11.6 Å². The maximum Gasteiger partial charge on any atom is 0.232 e. The van der Waals surface area contributed by atoms with Crippen LogP contribution in [0, 0.1) is 11.8 Å². The van der Waals surface area contributed by atoms with Gasteiger partial charge in [0.15, 0.2) is 0 Å². The second-order valence-electron chi connectivity index (χ2n) is 4.42. The Labute approximate surface area is 104 Å². The molecule has 2 atom stereocenters. The Hall–Kier alpha value is -1.55. The number of carbonyl (C=O) groups is 2. The predicted molar refractivity (Wildman–Crippen MR) is 63.8 cm³/mol. The number of hydrogen-bond acceptors (Lipinski definition) is 3. The summed E-state index contributed by atoms with van der Waals surface area (Å²) in [6, 6.07) is 7.48. The van der Waals surface area contributed by atoms with Gasteiger partial charge in [-0.15, -0.1) is 0 Å². The van der Waals surface area contributed by atoms with Crippen LogP contribution in [0.5, 0.6) is 0 Å². The van der Waals surface area contributed by atoms with Gasteiger partial charge in [-0.3, -0.25) is 14.9 Å². The number of hydrogen-bond donors (Lipinski definition) is 1. The molecule has 0 aromatic heterocycles. The van der Waals surface area contributed by atoms with Crippen LogP contribution in [0.1, 0.15) is 0 Å². The van der Waals surface area contributed by atoms with E-state index in [2.05, 4.69) is 5.32 Å². The van der Waals surface area contributed by atoms with Crippen LogP contribution in [-0.4, -0.2) is 24.9 Å². The summed E-state index contributed by atoms with van der Waals surface area (Å²) >= 11 is 6.11. The van der Waals surface area contributed by atoms with Gasteiger partial charge in [0.25, 0.3) is 0 Å². The Morgan fingerprint density at radius 3 is 2.29 bits per heavy atom. The van der Waals surface area contributed by atoms with Gasteiger partial charge in [-0.2, -0.15) is 0 Å². The van der Waals surface area contributed by atoms with Crippen molar-refractivity contribution in [3.8, 4) is 0 Å². The first-order chi connectivity index (χ1) is 8.16. The smallest absolute Gasteiger partial charge is 0.232 e. The van der Waals surface area contributed by atoms with Gasteiger partial charge in [0, 0.05) is 13.1 Å². The van der Waals surface area contributed by atoms with E-state index in [-0.39, 0.29) is 23.7 Å². The van der Waals surface area contributed by atoms with Crippen LogP contribution in [0.15, 0.2) is 24.3 Å². The fourth-order valence-corrected chi connectivity index (χ4v) is 2.80. The summed E-state index contributed by atoms with van der Waals surface area (Å²) in [5.74, 6) is -0.762. The van der Waals surface area contributed by atoms with E-state index < -0.39 is 0 Å². The summed E-state index contributed by atoms with van der Waals surface area (Å²) < 4.78 is 0. The largest absolute Gasteiger partial charge is 0.369 e. The van der Waals surface area contributed by atoms with Gasteiger partial charge >= 0.3 is 0 Å². The van der Waals surface area contributed by atoms with Gasteiger partial charge in [-0.25, -0.2) is 0 Å². The Kier molecular flexibility index (Phi) is 2.33. The molecular weight excluding hydrogens is 240 g/mol. The minimum Gasteiger partial charge on any atom is -0.369 e. The maximum atomic E-state index is 11.5. The average molecular weight is 251 g/mol. The van der Waals surface area contributed by atoms with Gasteiger partial charge in [0.05, 0.1) is 22.5 Å². The Bertz CT molecular complexity index is 481. The number of nitrogens with zero attached hydrogens (tertiary/aromatic N) is 1. The first kappa shape index (κ1) is 10.6. The highest BCUT2D eigenvalue weighted by Gasteiger charge is 2.47. The molecule has 3 rings (SSSR count). The van der Waals surface area contributed by atoms with Crippen LogP contribution < -0.4 is 10.2 Å². The number of para-hydroxylation sites is 1. The van der Waals surface area contributed by atoms with E-state index in [1.54, 1.807) is 0 Å². The van der Waals surface area contributed by atoms with Gasteiger partial charge in [0.2, 0.25) is 11.8 Å². The zero-order valence-electron chi connectivity index (χ0n) is 9.02. The number of amides is 2. The number of halogens is 1. The number of benzene rings is 1. The van der Waals surface area contributed by atoms with Crippen molar-refractivity contribution in [2.75, 3.05) is 18.0 Å². The fourth-order valence-electron chi connectivity index (χ4n) is 2.55. The maximum absolute atomic E-state index is 11.5. The van der Waals surface area contributed by atoms with Crippen molar-refractivity contribution in [3.05, 3.63) is 29.3 Å². The molecule has 0 radical (unpaired) electrons. The van der Waals surface area contributed by atoms with Crippen LogP contribution in [0.25, 0.3) is 0 Å². The predicted octanol–water partition coefficient (Wildman–Crippen LogP) is 1.05. The number of fused-ring (bicyclic) bond motifs is 1. The molecule has 2 saturated heterocycles. The molecular formula is C12H11ClN2O2. The van der Waals surface area contributed by atoms with Crippen molar-refractivity contribution >= 4 is 29.1 Å². The SMILES string of the molecule is O=C1NC(=O)[C@@H]2CN(c3ccccc3Cl)C[C@H]12. The van der Waals surface area contributed by atoms with Gasteiger partial charge in [-0.1, -0.05) is 23.7 Å². The van der Waals surface area contributed by atoms with Crippen LogP contribution in [0.3, 0.4) is 0 Å². The summed E-state index contributed by atoms with van der Waals surface area (Å²) in [4.78, 5) is 25.1. The molecule has 17 heavy (non-hydrogen) atoms. The van der Waals surface area contributed by atoms with Gasteiger partial charge < -0.3 is 4.90 Å². The number of rotatable bonds is 1. The normalized spacial score (nSPS) is 27.2. The van der Waals surface area contributed by atoms with E-state index in [1.165, 1.54) is 0 Å². The zero-order valence-corrected chi connectivity index (χ0v) is 9.78. The molecule has 1 aromatic carbocycles. The molecule has 0 aliphatic carbocycles. The van der Waals surface area contributed by atoms with E-state index >= 15 is 0 Å². The molecule has 1 N–H and O–H groups in total. The highest BCUT2D eigenvalue weighted by Crippen LogP contribution is 2.34. The van der Waals surface area contributed by atoms with Crippen LogP contribution in [-0.2, 0) is 9.59 Å². The van der Waals surface area contributed by atoms with Gasteiger partial charge in [-0.05, 0) is 12.1 Å². The molecule has 2 aliphatic heterocycles. The summed E-state index contributed by atoms with van der Waals surface area (Å²) in [7, 11) is 0. The molecule has 2 heterocycles. The zero-order chi connectivity index (χ0) is 12.0. The third kappa shape index (κ3) is 1.60. The van der Waals surface area contributed by atoms with Crippen LogP contribution >= 0.6 is 11.6 Å².